The topological polar surface area (TPSA) is 30.2 Å². The predicted molar refractivity (Wildman–Crippen MR) is 63.5 cm³/mol. The molecule has 1 heterocycles. The summed E-state index contributed by atoms with van der Waals surface area (Å²) < 4.78 is 4.98. The van der Waals surface area contributed by atoms with Crippen molar-refractivity contribution < 1.29 is 9.21 Å². The van der Waals surface area contributed by atoms with Crippen molar-refractivity contribution in [1.82, 2.24) is 0 Å². The zero-order chi connectivity index (χ0) is 11.4. The standard InChI is InChI=1S/C13H9ClO2/c14-11-4-1-3-10(9-11)6-7-12(15)13-5-2-8-16-13/h1-9H/b7-6+. The average Bonchev–Trinajstić information content (AvgIpc) is 2.79. The van der Waals surface area contributed by atoms with Crippen molar-refractivity contribution >= 4 is 23.5 Å². The van der Waals surface area contributed by atoms with Crippen LogP contribution in [0.3, 0.4) is 0 Å². The van der Waals surface area contributed by atoms with Gasteiger partial charge >= 0.3 is 0 Å². The summed E-state index contributed by atoms with van der Waals surface area (Å²) in [5.74, 6) is 0.170. The van der Waals surface area contributed by atoms with Crippen LogP contribution in [0.5, 0.6) is 0 Å². The van der Waals surface area contributed by atoms with E-state index in [0.717, 1.165) is 5.56 Å². The Morgan fingerprint density at radius 3 is 2.81 bits per heavy atom. The van der Waals surface area contributed by atoms with Crippen LogP contribution in [-0.4, -0.2) is 5.78 Å². The second-order valence-electron chi connectivity index (χ2n) is 3.23. The Balaban J connectivity index is 2.13. The molecule has 0 fully saturated rings. The second kappa shape index (κ2) is 4.81. The smallest absolute Gasteiger partial charge is 0.221 e. The predicted octanol–water partition coefficient (Wildman–Crippen LogP) is 3.83. The molecule has 2 nitrogen and oxygen atoms in total. The highest BCUT2D eigenvalue weighted by Gasteiger charge is 2.03. The minimum atomic E-state index is -0.162. The Hall–Kier alpha value is -1.80. The number of ketones is 1. The van der Waals surface area contributed by atoms with Crippen molar-refractivity contribution in [3.8, 4) is 0 Å². The molecule has 0 saturated carbocycles. The molecule has 2 aromatic rings. The van der Waals surface area contributed by atoms with Crippen molar-refractivity contribution in [1.29, 1.82) is 0 Å². The van der Waals surface area contributed by atoms with E-state index in [1.54, 1.807) is 30.3 Å². The van der Waals surface area contributed by atoms with Gasteiger partial charge in [-0.25, -0.2) is 0 Å². The third kappa shape index (κ3) is 2.61. The van der Waals surface area contributed by atoms with E-state index in [1.807, 2.05) is 12.1 Å². The molecule has 0 bridgehead atoms. The highest BCUT2D eigenvalue weighted by atomic mass is 35.5. The molecule has 0 aliphatic rings. The van der Waals surface area contributed by atoms with Gasteiger partial charge in [-0.2, -0.15) is 0 Å². The maximum absolute atomic E-state index is 11.6. The average molecular weight is 233 g/mol. The third-order valence-corrected chi connectivity index (χ3v) is 2.27. The van der Waals surface area contributed by atoms with Crippen molar-refractivity contribution in [2.24, 2.45) is 0 Å². The zero-order valence-corrected chi connectivity index (χ0v) is 9.15. The lowest BCUT2D eigenvalue weighted by Gasteiger charge is -1.93. The van der Waals surface area contributed by atoms with Crippen molar-refractivity contribution in [3.05, 3.63) is 65.1 Å². The van der Waals surface area contributed by atoms with E-state index in [1.165, 1.54) is 12.3 Å². The van der Waals surface area contributed by atoms with Gasteiger partial charge in [-0.3, -0.25) is 4.79 Å². The summed E-state index contributed by atoms with van der Waals surface area (Å²) >= 11 is 5.82. The van der Waals surface area contributed by atoms with Gasteiger partial charge in [0.15, 0.2) is 5.76 Å². The fourth-order valence-corrected chi connectivity index (χ4v) is 1.48. The Bertz CT molecular complexity index is 512. The highest BCUT2D eigenvalue weighted by Crippen LogP contribution is 2.12. The van der Waals surface area contributed by atoms with Crippen molar-refractivity contribution in [3.63, 3.8) is 0 Å². The van der Waals surface area contributed by atoms with Gasteiger partial charge in [-0.15, -0.1) is 0 Å². The summed E-state index contributed by atoms with van der Waals surface area (Å²) in [6, 6.07) is 10.6. The van der Waals surface area contributed by atoms with E-state index < -0.39 is 0 Å². The van der Waals surface area contributed by atoms with Crippen LogP contribution in [0, 0.1) is 0 Å². The molecular weight excluding hydrogens is 224 g/mol. The first-order valence-corrected chi connectivity index (χ1v) is 5.15. The molecule has 1 aromatic carbocycles. The lowest BCUT2D eigenvalue weighted by atomic mass is 10.2. The first-order chi connectivity index (χ1) is 7.75. The van der Waals surface area contributed by atoms with Gasteiger partial charge in [0, 0.05) is 5.02 Å². The summed E-state index contributed by atoms with van der Waals surface area (Å²) in [6.07, 6.45) is 4.64. The molecule has 80 valence electrons. The van der Waals surface area contributed by atoms with Crippen LogP contribution in [0.2, 0.25) is 5.02 Å². The van der Waals surface area contributed by atoms with Crippen molar-refractivity contribution in [2.75, 3.05) is 0 Å². The molecule has 1 aromatic heterocycles. The number of carbonyl (C=O) groups excluding carboxylic acids is 1. The molecule has 0 radical (unpaired) electrons. The number of allylic oxidation sites excluding steroid dienone is 1. The maximum atomic E-state index is 11.6. The number of hydrogen-bond acceptors (Lipinski definition) is 2. The van der Waals surface area contributed by atoms with E-state index in [9.17, 15) is 4.79 Å². The molecule has 0 atom stereocenters. The highest BCUT2D eigenvalue weighted by molar-refractivity contribution is 6.30. The SMILES string of the molecule is O=C(/C=C/c1cccc(Cl)c1)c1ccco1. The normalized spacial score (nSPS) is 10.8. The number of benzene rings is 1. The number of hydrogen-bond donors (Lipinski definition) is 0. The molecule has 3 heteroatoms. The van der Waals surface area contributed by atoms with Crippen LogP contribution >= 0.6 is 11.6 Å². The number of furan rings is 1. The molecule has 0 N–H and O–H groups in total. The Morgan fingerprint density at radius 2 is 2.12 bits per heavy atom. The fraction of sp³-hybridized carbons (Fsp3) is 0. The summed E-state index contributed by atoms with van der Waals surface area (Å²) in [7, 11) is 0. The third-order valence-electron chi connectivity index (χ3n) is 2.04. The Morgan fingerprint density at radius 1 is 1.25 bits per heavy atom. The van der Waals surface area contributed by atoms with Crippen molar-refractivity contribution in [2.45, 2.75) is 0 Å². The number of carbonyl (C=O) groups is 1. The largest absolute Gasteiger partial charge is 0.461 e. The van der Waals surface area contributed by atoms with Gasteiger partial charge in [0.05, 0.1) is 6.26 Å². The van der Waals surface area contributed by atoms with Crippen LogP contribution in [-0.2, 0) is 0 Å². The van der Waals surface area contributed by atoms with E-state index in [4.69, 9.17) is 16.0 Å². The van der Waals surface area contributed by atoms with E-state index in [0.29, 0.717) is 10.8 Å². The summed E-state index contributed by atoms with van der Waals surface area (Å²) in [4.78, 5) is 11.6. The first kappa shape index (κ1) is 10.7. The zero-order valence-electron chi connectivity index (χ0n) is 8.39. The number of rotatable bonds is 3. The van der Waals surface area contributed by atoms with E-state index >= 15 is 0 Å². The van der Waals surface area contributed by atoms with Crippen LogP contribution < -0.4 is 0 Å². The molecule has 16 heavy (non-hydrogen) atoms. The van der Waals surface area contributed by atoms with Gasteiger partial charge < -0.3 is 4.42 Å². The van der Waals surface area contributed by atoms with Crippen LogP contribution in [0.15, 0.2) is 53.2 Å². The van der Waals surface area contributed by atoms with Gasteiger partial charge in [-0.1, -0.05) is 29.8 Å². The van der Waals surface area contributed by atoms with E-state index in [-0.39, 0.29) is 5.78 Å². The lowest BCUT2D eigenvalue weighted by molar-refractivity contribution is 0.102. The maximum Gasteiger partial charge on any atom is 0.221 e. The molecule has 0 unspecified atom stereocenters. The molecule has 0 aliphatic heterocycles. The summed E-state index contributed by atoms with van der Waals surface area (Å²) in [5, 5.41) is 0.646. The van der Waals surface area contributed by atoms with Gasteiger partial charge in [0.25, 0.3) is 0 Å². The molecule has 0 amide bonds. The monoisotopic (exact) mass is 232 g/mol. The quantitative estimate of drug-likeness (QED) is 0.595. The van der Waals surface area contributed by atoms with Gasteiger partial charge in [0.2, 0.25) is 5.78 Å². The van der Waals surface area contributed by atoms with Crippen LogP contribution in [0.4, 0.5) is 0 Å². The Kier molecular flexibility index (Phi) is 3.22. The summed E-state index contributed by atoms with van der Waals surface area (Å²) in [5.41, 5.74) is 0.882. The molecule has 0 spiro atoms. The van der Waals surface area contributed by atoms with E-state index in [2.05, 4.69) is 0 Å². The minimum absolute atomic E-state index is 0.162. The second-order valence-corrected chi connectivity index (χ2v) is 3.67. The fourth-order valence-electron chi connectivity index (χ4n) is 1.28. The van der Waals surface area contributed by atoms with Crippen LogP contribution in [0.1, 0.15) is 16.1 Å². The lowest BCUT2D eigenvalue weighted by Crippen LogP contribution is -1.90. The number of halogens is 1. The Labute approximate surface area is 98.2 Å². The van der Waals surface area contributed by atoms with Crippen LogP contribution in [0.25, 0.3) is 6.08 Å². The van der Waals surface area contributed by atoms with Gasteiger partial charge in [0.1, 0.15) is 0 Å². The molecule has 0 saturated heterocycles. The first-order valence-electron chi connectivity index (χ1n) is 4.77. The molecular formula is C13H9ClO2. The molecule has 0 aliphatic carbocycles. The minimum Gasteiger partial charge on any atom is -0.461 e. The van der Waals surface area contributed by atoms with Gasteiger partial charge in [-0.05, 0) is 35.9 Å². The summed E-state index contributed by atoms with van der Waals surface area (Å²) in [6.45, 7) is 0. The molecule has 2 rings (SSSR count).